The first-order valence-electron chi connectivity index (χ1n) is 6.24. The number of hydrogen-bond acceptors (Lipinski definition) is 4. The molecule has 0 saturated carbocycles. The third kappa shape index (κ3) is 2.65. The second-order valence-electron chi connectivity index (χ2n) is 4.56. The van der Waals surface area contributed by atoms with Gasteiger partial charge < -0.3 is 9.72 Å². The molecule has 0 aliphatic heterocycles. The van der Waals surface area contributed by atoms with Crippen molar-refractivity contribution < 1.29 is 9.53 Å². The fraction of sp³-hybridized carbons (Fsp3) is 0.357. The summed E-state index contributed by atoms with van der Waals surface area (Å²) in [7, 11) is 0. The monoisotopic (exact) mass is 260 g/mol. The normalized spacial score (nSPS) is 10.9. The lowest BCUT2D eigenvalue weighted by atomic mass is 10.1. The molecular formula is C14H16N2O3. The Bertz CT molecular complexity index is 674. The Morgan fingerprint density at radius 1 is 1.42 bits per heavy atom. The molecule has 19 heavy (non-hydrogen) atoms. The molecule has 1 aromatic carbocycles. The average molecular weight is 260 g/mol. The van der Waals surface area contributed by atoms with E-state index in [-0.39, 0.29) is 11.5 Å². The molecule has 0 unspecified atom stereocenters. The van der Waals surface area contributed by atoms with Crippen LogP contribution < -0.4 is 5.56 Å². The average Bonchev–Trinajstić information content (AvgIpc) is 2.38. The van der Waals surface area contributed by atoms with E-state index < -0.39 is 5.97 Å². The highest BCUT2D eigenvalue weighted by Gasteiger charge is 2.11. The number of aromatic nitrogens is 2. The first-order chi connectivity index (χ1) is 9.02. The van der Waals surface area contributed by atoms with E-state index in [2.05, 4.69) is 9.97 Å². The summed E-state index contributed by atoms with van der Waals surface area (Å²) < 4.78 is 4.93. The number of hydrogen-bond donors (Lipinski definition) is 1. The van der Waals surface area contributed by atoms with E-state index in [1.807, 2.05) is 13.8 Å². The van der Waals surface area contributed by atoms with Gasteiger partial charge in [-0.15, -0.1) is 0 Å². The molecule has 100 valence electrons. The minimum Gasteiger partial charge on any atom is -0.462 e. The molecule has 0 atom stereocenters. The van der Waals surface area contributed by atoms with Crippen molar-refractivity contribution in [3.05, 3.63) is 39.9 Å². The van der Waals surface area contributed by atoms with Gasteiger partial charge in [-0.2, -0.15) is 0 Å². The summed E-state index contributed by atoms with van der Waals surface area (Å²) in [5, 5.41) is 0.470. The van der Waals surface area contributed by atoms with Gasteiger partial charge in [-0.3, -0.25) is 4.79 Å². The number of carbonyl (C=O) groups excluding carboxylic acids is 1. The summed E-state index contributed by atoms with van der Waals surface area (Å²) in [4.78, 5) is 30.7. The predicted molar refractivity (Wildman–Crippen MR) is 72.4 cm³/mol. The Morgan fingerprint density at radius 3 is 2.79 bits per heavy atom. The van der Waals surface area contributed by atoms with Crippen LogP contribution in [-0.4, -0.2) is 22.5 Å². The zero-order chi connectivity index (χ0) is 14.0. The molecule has 0 fully saturated rings. The molecule has 0 amide bonds. The zero-order valence-electron chi connectivity index (χ0n) is 11.2. The maximum absolute atomic E-state index is 11.9. The van der Waals surface area contributed by atoms with Crippen LogP contribution in [0.5, 0.6) is 0 Å². The van der Waals surface area contributed by atoms with Crippen LogP contribution in [0.2, 0.25) is 0 Å². The van der Waals surface area contributed by atoms with E-state index in [4.69, 9.17) is 4.74 Å². The lowest BCUT2D eigenvalue weighted by Gasteiger charge is -2.07. The van der Waals surface area contributed by atoms with Gasteiger partial charge in [-0.1, -0.05) is 13.8 Å². The number of fused-ring (bicyclic) bond motifs is 1. The standard InChI is InChI=1S/C14H16N2O3/c1-4-19-14(18)9-5-6-10-11(7-9)15-12(8(2)3)16-13(10)17/h5-8H,4H2,1-3H3,(H,15,16,17). The molecule has 0 bridgehead atoms. The Labute approximate surface area is 110 Å². The molecule has 1 N–H and O–H groups in total. The van der Waals surface area contributed by atoms with Crippen LogP contribution in [0.25, 0.3) is 10.9 Å². The van der Waals surface area contributed by atoms with E-state index in [1.165, 1.54) is 0 Å². The number of aromatic amines is 1. The van der Waals surface area contributed by atoms with Crippen LogP contribution in [0.3, 0.4) is 0 Å². The molecule has 5 nitrogen and oxygen atoms in total. The minimum absolute atomic E-state index is 0.114. The van der Waals surface area contributed by atoms with Crippen LogP contribution in [0, 0.1) is 0 Å². The molecular weight excluding hydrogens is 244 g/mol. The largest absolute Gasteiger partial charge is 0.462 e. The van der Waals surface area contributed by atoms with E-state index in [0.717, 1.165) is 0 Å². The number of ether oxygens (including phenoxy) is 1. The van der Waals surface area contributed by atoms with Crippen molar-refractivity contribution in [1.29, 1.82) is 0 Å². The third-order valence-corrected chi connectivity index (χ3v) is 2.78. The van der Waals surface area contributed by atoms with Gasteiger partial charge in [0.05, 0.1) is 23.1 Å². The molecule has 0 saturated heterocycles. The minimum atomic E-state index is -0.405. The zero-order valence-corrected chi connectivity index (χ0v) is 11.2. The maximum atomic E-state index is 11.9. The van der Waals surface area contributed by atoms with Gasteiger partial charge in [0.25, 0.3) is 5.56 Å². The van der Waals surface area contributed by atoms with Crippen molar-refractivity contribution in [2.24, 2.45) is 0 Å². The molecule has 0 aliphatic rings. The van der Waals surface area contributed by atoms with E-state index >= 15 is 0 Å². The fourth-order valence-corrected chi connectivity index (χ4v) is 1.77. The lowest BCUT2D eigenvalue weighted by Crippen LogP contribution is -2.13. The summed E-state index contributed by atoms with van der Waals surface area (Å²) in [5.74, 6) is 0.319. The number of esters is 1. The summed E-state index contributed by atoms with van der Waals surface area (Å²) in [6, 6.07) is 4.76. The molecule has 0 aliphatic carbocycles. The SMILES string of the molecule is CCOC(=O)c1ccc2c(=O)[nH]c(C(C)C)nc2c1. The Morgan fingerprint density at radius 2 is 2.16 bits per heavy atom. The smallest absolute Gasteiger partial charge is 0.338 e. The molecule has 0 spiro atoms. The van der Waals surface area contributed by atoms with Crippen LogP contribution in [0.4, 0.5) is 0 Å². The first-order valence-corrected chi connectivity index (χ1v) is 6.24. The summed E-state index contributed by atoms with van der Waals surface area (Å²) in [6.45, 7) is 5.95. The van der Waals surface area contributed by atoms with Gasteiger partial charge in [0.15, 0.2) is 0 Å². The van der Waals surface area contributed by atoms with Gasteiger partial charge in [-0.25, -0.2) is 9.78 Å². The number of nitrogens with one attached hydrogen (secondary N) is 1. The van der Waals surface area contributed by atoms with Crippen molar-refractivity contribution >= 4 is 16.9 Å². The highest BCUT2D eigenvalue weighted by atomic mass is 16.5. The second kappa shape index (κ2) is 5.22. The molecule has 1 aromatic heterocycles. The van der Waals surface area contributed by atoms with Gasteiger partial charge in [-0.05, 0) is 25.1 Å². The van der Waals surface area contributed by atoms with Crippen molar-refractivity contribution in [1.82, 2.24) is 9.97 Å². The second-order valence-corrected chi connectivity index (χ2v) is 4.56. The predicted octanol–water partition coefficient (Wildman–Crippen LogP) is 2.22. The Kier molecular flexibility index (Phi) is 3.64. The van der Waals surface area contributed by atoms with E-state index in [0.29, 0.717) is 28.9 Å². The fourth-order valence-electron chi connectivity index (χ4n) is 1.77. The van der Waals surface area contributed by atoms with Gasteiger partial charge >= 0.3 is 5.97 Å². The summed E-state index contributed by atoms with van der Waals surface area (Å²) in [5.41, 5.74) is 0.726. The van der Waals surface area contributed by atoms with E-state index in [1.54, 1.807) is 25.1 Å². The number of benzene rings is 1. The summed E-state index contributed by atoms with van der Waals surface area (Å²) in [6.07, 6.45) is 0. The quantitative estimate of drug-likeness (QED) is 0.859. The van der Waals surface area contributed by atoms with Gasteiger partial charge in [0.1, 0.15) is 5.82 Å². The highest BCUT2D eigenvalue weighted by molar-refractivity contribution is 5.94. The maximum Gasteiger partial charge on any atom is 0.338 e. The van der Waals surface area contributed by atoms with Crippen LogP contribution in [0.15, 0.2) is 23.0 Å². The van der Waals surface area contributed by atoms with Crippen molar-refractivity contribution in [3.8, 4) is 0 Å². The highest BCUT2D eigenvalue weighted by Crippen LogP contribution is 2.14. The Hall–Kier alpha value is -2.17. The molecule has 1 heterocycles. The number of H-pyrrole nitrogens is 1. The van der Waals surface area contributed by atoms with E-state index in [9.17, 15) is 9.59 Å². The van der Waals surface area contributed by atoms with Crippen molar-refractivity contribution in [2.75, 3.05) is 6.61 Å². The molecule has 2 aromatic rings. The Balaban J connectivity index is 2.58. The third-order valence-electron chi connectivity index (χ3n) is 2.78. The molecule has 0 radical (unpaired) electrons. The van der Waals surface area contributed by atoms with Crippen LogP contribution in [-0.2, 0) is 4.74 Å². The lowest BCUT2D eigenvalue weighted by molar-refractivity contribution is 0.0526. The van der Waals surface area contributed by atoms with Gasteiger partial charge in [0.2, 0.25) is 0 Å². The molecule has 2 rings (SSSR count). The topological polar surface area (TPSA) is 72.1 Å². The number of nitrogens with zero attached hydrogens (tertiary/aromatic N) is 1. The number of rotatable bonds is 3. The number of carbonyl (C=O) groups is 1. The van der Waals surface area contributed by atoms with Crippen molar-refractivity contribution in [2.45, 2.75) is 26.7 Å². The van der Waals surface area contributed by atoms with Crippen LogP contribution >= 0.6 is 0 Å². The van der Waals surface area contributed by atoms with Gasteiger partial charge in [0, 0.05) is 5.92 Å². The van der Waals surface area contributed by atoms with Crippen molar-refractivity contribution in [3.63, 3.8) is 0 Å². The first kappa shape index (κ1) is 13.3. The summed E-state index contributed by atoms with van der Waals surface area (Å²) >= 11 is 0. The van der Waals surface area contributed by atoms with Crippen LogP contribution in [0.1, 0.15) is 42.9 Å². The molecule has 5 heteroatoms.